The molecule has 5 heteroatoms. The molecule has 128 valence electrons. The number of fused-ring (bicyclic) bond motifs is 2. The monoisotopic (exact) mass is 338 g/mol. The van der Waals surface area contributed by atoms with Crippen molar-refractivity contribution in [1.82, 2.24) is 5.32 Å². The third-order valence-corrected chi connectivity index (χ3v) is 5.30. The Bertz CT molecular complexity index is 554. The fourth-order valence-corrected chi connectivity index (χ4v) is 4.49. The molecule has 1 heterocycles. The van der Waals surface area contributed by atoms with Crippen LogP contribution in [0.4, 0.5) is 0 Å². The van der Waals surface area contributed by atoms with E-state index in [-0.39, 0.29) is 23.9 Å². The van der Waals surface area contributed by atoms with Crippen LogP contribution in [0.15, 0.2) is 18.2 Å². The molecule has 1 aliphatic heterocycles. The van der Waals surface area contributed by atoms with Gasteiger partial charge in [-0.1, -0.05) is 12.5 Å². The molecular weight excluding hydrogens is 312 g/mol. The number of nitrogens with one attached hydrogen (secondary N) is 1. The van der Waals surface area contributed by atoms with Gasteiger partial charge in [-0.05, 0) is 49.9 Å². The number of nitrogens with two attached hydrogens (primary N) is 1. The molecule has 1 saturated heterocycles. The van der Waals surface area contributed by atoms with E-state index < -0.39 is 0 Å². The molecule has 1 aliphatic carbocycles. The number of primary amides is 1. The summed E-state index contributed by atoms with van der Waals surface area (Å²) in [6, 6.07) is 6.00. The molecule has 0 spiro atoms. The topological polar surface area (TPSA) is 64.3 Å². The van der Waals surface area contributed by atoms with Gasteiger partial charge in [0.25, 0.3) is 0 Å². The van der Waals surface area contributed by atoms with E-state index >= 15 is 0 Å². The summed E-state index contributed by atoms with van der Waals surface area (Å²) in [7, 11) is 0. The van der Waals surface area contributed by atoms with Gasteiger partial charge in [0, 0.05) is 37.1 Å². The normalized spacial score (nSPS) is 29.7. The van der Waals surface area contributed by atoms with Gasteiger partial charge in [-0.15, -0.1) is 12.4 Å². The molecular formula is C18H27ClN2O2. The summed E-state index contributed by atoms with van der Waals surface area (Å²) >= 11 is 0. The number of hydrogen-bond acceptors (Lipinski definition) is 3. The number of rotatable bonds is 4. The maximum Gasteiger partial charge on any atom is 0.248 e. The first-order chi connectivity index (χ1) is 10.6. The summed E-state index contributed by atoms with van der Waals surface area (Å²) in [4.78, 5) is 11.7. The summed E-state index contributed by atoms with van der Waals surface area (Å²) in [6.07, 6.45) is 3.60. The Morgan fingerprint density at radius 3 is 2.52 bits per heavy atom. The fourth-order valence-electron chi connectivity index (χ4n) is 4.49. The molecule has 1 aromatic carbocycles. The minimum atomic E-state index is -0.365. The van der Waals surface area contributed by atoms with Gasteiger partial charge in [-0.3, -0.25) is 4.79 Å². The molecule has 2 bridgehead atoms. The van der Waals surface area contributed by atoms with Crippen LogP contribution >= 0.6 is 12.4 Å². The van der Waals surface area contributed by atoms with Crippen LogP contribution in [0.1, 0.15) is 47.7 Å². The number of benzene rings is 1. The van der Waals surface area contributed by atoms with E-state index in [9.17, 15) is 4.79 Å². The zero-order valence-corrected chi connectivity index (χ0v) is 14.7. The molecule has 4 nitrogen and oxygen atoms in total. The zero-order chi connectivity index (χ0) is 15.7. The van der Waals surface area contributed by atoms with Crippen LogP contribution in [0.25, 0.3) is 0 Å². The minimum absolute atomic E-state index is 0. The molecule has 23 heavy (non-hydrogen) atoms. The SMILES string of the molecule is CCOC1(c2cc(C)cc(C(N)=O)c2)C2CCCC1CNC2.Cl. The predicted octanol–water partition coefficient (Wildman–Crippen LogP) is 2.77. The smallest absolute Gasteiger partial charge is 0.248 e. The van der Waals surface area contributed by atoms with E-state index in [2.05, 4.69) is 18.3 Å². The summed E-state index contributed by atoms with van der Waals surface area (Å²) in [6.45, 7) is 6.73. The first-order valence-electron chi connectivity index (χ1n) is 8.34. The zero-order valence-electron chi connectivity index (χ0n) is 13.9. The van der Waals surface area contributed by atoms with Gasteiger partial charge in [0.15, 0.2) is 0 Å². The largest absolute Gasteiger partial charge is 0.370 e. The fraction of sp³-hybridized carbons (Fsp3) is 0.611. The maximum absolute atomic E-state index is 11.7. The average Bonchev–Trinajstić information content (AvgIpc) is 2.46. The van der Waals surface area contributed by atoms with Crippen molar-refractivity contribution >= 4 is 18.3 Å². The van der Waals surface area contributed by atoms with Gasteiger partial charge in [-0.25, -0.2) is 0 Å². The van der Waals surface area contributed by atoms with Crippen LogP contribution in [0, 0.1) is 18.8 Å². The van der Waals surface area contributed by atoms with E-state index in [1.54, 1.807) is 0 Å². The van der Waals surface area contributed by atoms with Crippen LogP contribution in [-0.4, -0.2) is 25.6 Å². The molecule has 2 unspecified atom stereocenters. The van der Waals surface area contributed by atoms with Crippen LogP contribution in [0.3, 0.4) is 0 Å². The van der Waals surface area contributed by atoms with Gasteiger partial charge in [0.2, 0.25) is 5.91 Å². The summed E-state index contributed by atoms with van der Waals surface area (Å²) in [5, 5.41) is 3.55. The van der Waals surface area contributed by atoms with Crippen molar-refractivity contribution in [3.05, 3.63) is 34.9 Å². The lowest BCUT2D eigenvalue weighted by Gasteiger charge is -2.53. The molecule has 0 radical (unpaired) electrons. The lowest BCUT2D eigenvalue weighted by Crippen LogP contribution is -2.58. The first-order valence-corrected chi connectivity index (χ1v) is 8.34. The quantitative estimate of drug-likeness (QED) is 0.887. The Morgan fingerprint density at radius 2 is 1.96 bits per heavy atom. The van der Waals surface area contributed by atoms with E-state index in [1.165, 1.54) is 19.3 Å². The molecule has 2 fully saturated rings. The number of carbonyl (C=O) groups is 1. The van der Waals surface area contributed by atoms with Crippen LogP contribution in [0.5, 0.6) is 0 Å². The highest BCUT2D eigenvalue weighted by Crippen LogP contribution is 2.50. The minimum Gasteiger partial charge on any atom is -0.370 e. The van der Waals surface area contributed by atoms with Crippen LogP contribution in [0.2, 0.25) is 0 Å². The second-order valence-electron chi connectivity index (χ2n) is 6.66. The van der Waals surface area contributed by atoms with Crippen LogP contribution < -0.4 is 11.1 Å². The number of aryl methyl sites for hydroxylation is 1. The van der Waals surface area contributed by atoms with E-state index in [4.69, 9.17) is 10.5 Å². The third-order valence-electron chi connectivity index (χ3n) is 5.30. The van der Waals surface area contributed by atoms with Crippen LogP contribution in [-0.2, 0) is 10.3 Å². The third kappa shape index (κ3) is 3.12. The van der Waals surface area contributed by atoms with E-state index in [0.717, 1.165) is 24.2 Å². The first kappa shape index (κ1) is 18.2. The van der Waals surface area contributed by atoms with E-state index in [1.807, 2.05) is 19.1 Å². The Labute approximate surface area is 144 Å². The van der Waals surface area contributed by atoms with Crippen molar-refractivity contribution < 1.29 is 9.53 Å². The Kier molecular flexibility index (Phi) is 5.71. The molecule has 1 amide bonds. The molecule has 2 aliphatic rings. The number of carbonyl (C=O) groups excluding carboxylic acids is 1. The molecule has 1 saturated carbocycles. The van der Waals surface area contributed by atoms with Gasteiger partial charge < -0.3 is 15.8 Å². The lowest BCUT2D eigenvalue weighted by molar-refractivity contribution is -0.161. The summed E-state index contributed by atoms with van der Waals surface area (Å²) in [5.74, 6) is 0.556. The highest BCUT2D eigenvalue weighted by atomic mass is 35.5. The Balaban J connectivity index is 0.00000192. The van der Waals surface area contributed by atoms with Crippen molar-refractivity contribution in [3.8, 4) is 0 Å². The summed E-state index contributed by atoms with van der Waals surface area (Å²) in [5.41, 5.74) is 8.05. The Hall–Kier alpha value is -1.10. The molecule has 0 aromatic heterocycles. The van der Waals surface area contributed by atoms with Crippen molar-refractivity contribution in [3.63, 3.8) is 0 Å². The number of piperidine rings is 1. The second-order valence-corrected chi connectivity index (χ2v) is 6.66. The number of ether oxygens (including phenoxy) is 1. The highest BCUT2D eigenvalue weighted by Gasteiger charge is 2.51. The number of amides is 1. The van der Waals surface area contributed by atoms with E-state index in [0.29, 0.717) is 24.0 Å². The molecule has 3 rings (SSSR count). The molecule has 2 atom stereocenters. The predicted molar refractivity (Wildman–Crippen MR) is 93.9 cm³/mol. The Morgan fingerprint density at radius 1 is 1.30 bits per heavy atom. The number of halogens is 1. The average molecular weight is 339 g/mol. The maximum atomic E-state index is 11.7. The molecule has 1 aromatic rings. The van der Waals surface area contributed by atoms with Crippen molar-refractivity contribution in [1.29, 1.82) is 0 Å². The van der Waals surface area contributed by atoms with Crippen molar-refractivity contribution in [2.75, 3.05) is 19.7 Å². The molecule has 3 N–H and O–H groups in total. The van der Waals surface area contributed by atoms with Gasteiger partial charge in [-0.2, -0.15) is 0 Å². The summed E-state index contributed by atoms with van der Waals surface area (Å²) < 4.78 is 6.42. The van der Waals surface area contributed by atoms with Gasteiger partial charge >= 0.3 is 0 Å². The van der Waals surface area contributed by atoms with Crippen molar-refractivity contribution in [2.45, 2.75) is 38.7 Å². The number of hydrogen-bond donors (Lipinski definition) is 2. The van der Waals surface area contributed by atoms with Crippen molar-refractivity contribution in [2.24, 2.45) is 17.6 Å². The van der Waals surface area contributed by atoms with Gasteiger partial charge in [0.1, 0.15) is 5.60 Å². The standard InChI is InChI=1S/C18H26N2O2.ClH/c1-3-22-18(14-5-4-6-15(18)11-20-10-14)16-8-12(2)7-13(9-16)17(19)21;/h7-9,14-15,20H,3-6,10-11H2,1-2H3,(H2,19,21);1H. The second kappa shape index (κ2) is 7.20. The lowest BCUT2D eigenvalue weighted by atomic mass is 9.62. The highest BCUT2D eigenvalue weighted by molar-refractivity contribution is 5.93. The van der Waals surface area contributed by atoms with Gasteiger partial charge in [0.05, 0.1) is 0 Å².